The molecule has 0 amide bonds. The van der Waals surface area contributed by atoms with Crippen molar-refractivity contribution in [1.29, 1.82) is 0 Å². The summed E-state index contributed by atoms with van der Waals surface area (Å²) in [6, 6.07) is 5.98. The molecule has 2 heterocycles. The van der Waals surface area contributed by atoms with Gasteiger partial charge in [0, 0.05) is 13.0 Å². The second kappa shape index (κ2) is 4.90. The number of aryl methyl sites for hydroxylation is 1. The van der Waals surface area contributed by atoms with Gasteiger partial charge in [0.25, 0.3) is 0 Å². The molecule has 3 nitrogen and oxygen atoms in total. The van der Waals surface area contributed by atoms with Gasteiger partial charge < -0.3 is 9.88 Å². The number of fused-ring (bicyclic) bond motifs is 1. The van der Waals surface area contributed by atoms with Gasteiger partial charge in [-0.15, -0.1) is 0 Å². The first kappa shape index (κ1) is 12.0. The molecule has 1 N–H and O–H groups in total. The van der Waals surface area contributed by atoms with Gasteiger partial charge in [0.2, 0.25) is 0 Å². The standard InChI is InChI=1S/C14H18ClN3/c1-2-6-18-13(7-10-8-16-9-10)17-12-5-3-4-11(15)14(12)18/h3-5,10,16H,2,6-9H2,1H3. The number of imidazole rings is 1. The van der Waals surface area contributed by atoms with Crippen LogP contribution in [0.1, 0.15) is 19.2 Å². The third-order valence-corrected chi connectivity index (χ3v) is 3.89. The fraction of sp³-hybridized carbons (Fsp3) is 0.500. The number of hydrogen-bond acceptors (Lipinski definition) is 2. The number of halogens is 1. The predicted octanol–water partition coefficient (Wildman–Crippen LogP) is 2.86. The van der Waals surface area contributed by atoms with Crippen LogP contribution in [0, 0.1) is 5.92 Å². The van der Waals surface area contributed by atoms with Gasteiger partial charge in [-0.2, -0.15) is 0 Å². The van der Waals surface area contributed by atoms with Crippen LogP contribution in [0.5, 0.6) is 0 Å². The molecule has 0 atom stereocenters. The Labute approximate surface area is 112 Å². The first-order valence-electron chi connectivity index (χ1n) is 6.64. The molecule has 96 valence electrons. The van der Waals surface area contributed by atoms with Gasteiger partial charge in [-0.3, -0.25) is 0 Å². The van der Waals surface area contributed by atoms with Gasteiger partial charge in [0.05, 0.1) is 16.1 Å². The molecule has 0 radical (unpaired) electrons. The number of hydrogen-bond donors (Lipinski definition) is 1. The minimum absolute atomic E-state index is 0.733. The van der Waals surface area contributed by atoms with Gasteiger partial charge in [-0.05, 0) is 37.6 Å². The molecule has 1 aliphatic heterocycles. The quantitative estimate of drug-likeness (QED) is 0.919. The molecule has 0 aliphatic carbocycles. The average Bonchev–Trinajstić information content (AvgIpc) is 2.64. The lowest BCUT2D eigenvalue weighted by Crippen LogP contribution is -2.43. The highest BCUT2D eigenvalue weighted by Gasteiger charge is 2.21. The highest BCUT2D eigenvalue weighted by atomic mass is 35.5. The van der Waals surface area contributed by atoms with E-state index in [0.29, 0.717) is 0 Å². The van der Waals surface area contributed by atoms with Crippen LogP contribution < -0.4 is 5.32 Å². The molecule has 0 bridgehead atoms. The summed E-state index contributed by atoms with van der Waals surface area (Å²) in [6.45, 7) is 5.42. The highest BCUT2D eigenvalue weighted by Crippen LogP contribution is 2.26. The molecule has 3 rings (SSSR count). The monoisotopic (exact) mass is 263 g/mol. The zero-order valence-electron chi connectivity index (χ0n) is 10.6. The molecular weight excluding hydrogens is 246 g/mol. The van der Waals surface area contributed by atoms with Crippen molar-refractivity contribution >= 4 is 22.6 Å². The average molecular weight is 264 g/mol. The number of rotatable bonds is 4. The Morgan fingerprint density at radius 1 is 1.44 bits per heavy atom. The van der Waals surface area contributed by atoms with Gasteiger partial charge >= 0.3 is 0 Å². The maximum atomic E-state index is 6.32. The van der Waals surface area contributed by atoms with Crippen LogP contribution in [-0.2, 0) is 13.0 Å². The number of nitrogens with one attached hydrogen (secondary N) is 1. The third kappa shape index (κ3) is 2.02. The molecule has 1 aliphatic rings. The minimum atomic E-state index is 0.733. The second-order valence-corrected chi connectivity index (χ2v) is 5.42. The Bertz CT molecular complexity index is 557. The fourth-order valence-electron chi connectivity index (χ4n) is 2.56. The van der Waals surface area contributed by atoms with E-state index in [0.717, 1.165) is 54.4 Å². The van der Waals surface area contributed by atoms with Crippen molar-refractivity contribution in [2.45, 2.75) is 26.3 Å². The molecule has 1 aromatic carbocycles. The van der Waals surface area contributed by atoms with Crippen molar-refractivity contribution in [2.75, 3.05) is 13.1 Å². The number of para-hydroxylation sites is 1. The van der Waals surface area contributed by atoms with Gasteiger partial charge in [0.15, 0.2) is 0 Å². The van der Waals surface area contributed by atoms with Crippen LogP contribution in [0.25, 0.3) is 11.0 Å². The lowest BCUT2D eigenvalue weighted by molar-refractivity contribution is 0.337. The lowest BCUT2D eigenvalue weighted by Gasteiger charge is -2.26. The normalized spacial score (nSPS) is 16.1. The first-order valence-corrected chi connectivity index (χ1v) is 7.01. The molecule has 18 heavy (non-hydrogen) atoms. The smallest absolute Gasteiger partial charge is 0.110 e. The first-order chi connectivity index (χ1) is 8.79. The molecule has 0 spiro atoms. The molecule has 1 aromatic heterocycles. The Balaban J connectivity index is 2.05. The SMILES string of the molecule is CCCn1c(CC2CNC2)nc2cccc(Cl)c21. The summed E-state index contributed by atoms with van der Waals surface area (Å²) in [7, 11) is 0. The van der Waals surface area contributed by atoms with E-state index in [1.807, 2.05) is 12.1 Å². The van der Waals surface area contributed by atoms with Crippen LogP contribution in [0.4, 0.5) is 0 Å². The zero-order valence-corrected chi connectivity index (χ0v) is 11.4. The summed E-state index contributed by atoms with van der Waals surface area (Å²) in [5, 5.41) is 4.13. The van der Waals surface area contributed by atoms with Crippen molar-refractivity contribution in [3.05, 3.63) is 29.0 Å². The van der Waals surface area contributed by atoms with Crippen molar-refractivity contribution in [3.8, 4) is 0 Å². The molecular formula is C14H18ClN3. The van der Waals surface area contributed by atoms with Crippen LogP contribution in [0.3, 0.4) is 0 Å². The maximum absolute atomic E-state index is 6.32. The number of nitrogens with zero attached hydrogens (tertiary/aromatic N) is 2. The fourth-order valence-corrected chi connectivity index (χ4v) is 2.83. The van der Waals surface area contributed by atoms with Crippen molar-refractivity contribution in [1.82, 2.24) is 14.9 Å². The Morgan fingerprint density at radius 3 is 2.94 bits per heavy atom. The highest BCUT2D eigenvalue weighted by molar-refractivity contribution is 6.35. The lowest BCUT2D eigenvalue weighted by atomic mass is 9.99. The Kier molecular flexibility index (Phi) is 3.27. The van der Waals surface area contributed by atoms with E-state index in [1.54, 1.807) is 0 Å². The summed E-state index contributed by atoms with van der Waals surface area (Å²) < 4.78 is 2.30. The Hall–Kier alpha value is -1.06. The van der Waals surface area contributed by atoms with E-state index < -0.39 is 0 Å². The van der Waals surface area contributed by atoms with Crippen molar-refractivity contribution in [2.24, 2.45) is 5.92 Å². The van der Waals surface area contributed by atoms with Crippen LogP contribution in [0.15, 0.2) is 18.2 Å². The summed E-state index contributed by atoms with van der Waals surface area (Å²) >= 11 is 6.32. The van der Waals surface area contributed by atoms with E-state index in [9.17, 15) is 0 Å². The van der Waals surface area contributed by atoms with Crippen LogP contribution in [0.2, 0.25) is 5.02 Å². The molecule has 0 unspecified atom stereocenters. The van der Waals surface area contributed by atoms with E-state index >= 15 is 0 Å². The Morgan fingerprint density at radius 2 is 2.28 bits per heavy atom. The zero-order chi connectivity index (χ0) is 12.5. The number of aromatic nitrogens is 2. The summed E-state index contributed by atoms with van der Waals surface area (Å²) in [6.07, 6.45) is 2.16. The molecule has 2 aromatic rings. The van der Waals surface area contributed by atoms with E-state index in [4.69, 9.17) is 16.6 Å². The van der Waals surface area contributed by atoms with Gasteiger partial charge in [0.1, 0.15) is 5.82 Å². The van der Waals surface area contributed by atoms with Crippen molar-refractivity contribution in [3.63, 3.8) is 0 Å². The summed E-state index contributed by atoms with van der Waals surface area (Å²) in [5.41, 5.74) is 2.13. The topological polar surface area (TPSA) is 29.9 Å². The third-order valence-electron chi connectivity index (χ3n) is 3.58. The summed E-state index contributed by atoms with van der Waals surface area (Å²) in [4.78, 5) is 4.76. The van der Waals surface area contributed by atoms with Crippen molar-refractivity contribution < 1.29 is 0 Å². The van der Waals surface area contributed by atoms with Crippen LogP contribution >= 0.6 is 11.6 Å². The van der Waals surface area contributed by atoms with Gasteiger partial charge in [-0.1, -0.05) is 24.6 Å². The van der Waals surface area contributed by atoms with E-state index in [1.165, 1.54) is 5.82 Å². The minimum Gasteiger partial charge on any atom is -0.327 e. The molecule has 4 heteroatoms. The molecule has 0 saturated carbocycles. The maximum Gasteiger partial charge on any atom is 0.110 e. The van der Waals surface area contributed by atoms with E-state index in [-0.39, 0.29) is 0 Å². The number of benzene rings is 1. The molecule has 1 saturated heterocycles. The van der Waals surface area contributed by atoms with Gasteiger partial charge in [-0.25, -0.2) is 4.98 Å². The summed E-state index contributed by atoms with van der Waals surface area (Å²) in [5.74, 6) is 1.92. The molecule has 1 fully saturated rings. The largest absolute Gasteiger partial charge is 0.327 e. The van der Waals surface area contributed by atoms with Crippen LogP contribution in [-0.4, -0.2) is 22.6 Å². The predicted molar refractivity (Wildman–Crippen MR) is 75.1 cm³/mol. The van der Waals surface area contributed by atoms with E-state index in [2.05, 4.69) is 22.9 Å². The second-order valence-electron chi connectivity index (χ2n) is 5.02.